The van der Waals surface area contributed by atoms with E-state index in [9.17, 15) is 0 Å². The molecule has 0 aliphatic carbocycles. The zero-order valence-corrected chi connectivity index (χ0v) is 13.5. The van der Waals surface area contributed by atoms with Gasteiger partial charge in [-0.1, -0.05) is 24.3 Å². The molecule has 0 spiro atoms. The van der Waals surface area contributed by atoms with Crippen LogP contribution in [0.4, 0.5) is 0 Å². The molecule has 0 heterocycles. The number of hydrogen-bond acceptors (Lipinski definition) is 2. The fourth-order valence-corrected chi connectivity index (χ4v) is 3.10. The van der Waals surface area contributed by atoms with Gasteiger partial charge in [0.2, 0.25) is 0 Å². The highest BCUT2D eigenvalue weighted by Gasteiger charge is 2.09. The Hall–Kier alpha value is -1.31. The van der Waals surface area contributed by atoms with Crippen molar-refractivity contribution in [3.05, 3.63) is 62.0 Å². The molecule has 19 heavy (non-hydrogen) atoms. The Morgan fingerprint density at radius 1 is 1.16 bits per heavy atom. The van der Waals surface area contributed by atoms with Gasteiger partial charge in [0.25, 0.3) is 0 Å². The largest absolute Gasteiger partial charge is 0.487 e. The van der Waals surface area contributed by atoms with Crippen LogP contribution in [0.1, 0.15) is 16.7 Å². The summed E-state index contributed by atoms with van der Waals surface area (Å²) in [7, 11) is 0. The highest BCUT2D eigenvalue weighted by molar-refractivity contribution is 9.11. The molecule has 0 atom stereocenters. The molecule has 0 bridgehead atoms. The van der Waals surface area contributed by atoms with Gasteiger partial charge in [-0.05, 0) is 62.0 Å². The van der Waals surface area contributed by atoms with Crippen LogP contribution < -0.4 is 4.74 Å². The molecule has 0 aromatic heterocycles. The third-order valence-corrected chi connectivity index (χ3v) is 3.94. The minimum Gasteiger partial charge on any atom is -0.487 e. The zero-order chi connectivity index (χ0) is 13.8. The summed E-state index contributed by atoms with van der Waals surface area (Å²) in [5.41, 5.74) is 2.93. The third kappa shape index (κ3) is 3.37. The minimum absolute atomic E-state index is 0.496. The van der Waals surface area contributed by atoms with Crippen LogP contribution in [0, 0.1) is 18.3 Å². The van der Waals surface area contributed by atoms with Gasteiger partial charge in [0, 0.05) is 0 Å². The van der Waals surface area contributed by atoms with Gasteiger partial charge in [-0.2, -0.15) is 5.26 Å². The van der Waals surface area contributed by atoms with Crippen molar-refractivity contribution >= 4 is 31.9 Å². The van der Waals surface area contributed by atoms with Crippen molar-refractivity contribution in [2.24, 2.45) is 0 Å². The highest BCUT2D eigenvalue weighted by atomic mass is 79.9. The summed E-state index contributed by atoms with van der Waals surface area (Å²) >= 11 is 6.85. The number of nitrogens with zero attached hydrogens (tertiary/aromatic N) is 1. The van der Waals surface area contributed by atoms with Crippen LogP contribution in [0.2, 0.25) is 0 Å². The molecule has 96 valence electrons. The number of aryl methyl sites for hydroxylation is 1. The van der Waals surface area contributed by atoms with Crippen LogP contribution in [0.15, 0.2) is 45.3 Å². The Morgan fingerprint density at radius 3 is 2.37 bits per heavy atom. The van der Waals surface area contributed by atoms with E-state index in [4.69, 9.17) is 10.00 Å². The SMILES string of the molecule is Cc1ccccc1COc1c(Br)cc(C#N)cc1Br. The van der Waals surface area contributed by atoms with E-state index in [0.717, 1.165) is 14.5 Å². The first kappa shape index (κ1) is 14.1. The smallest absolute Gasteiger partial charge is 0.148 e. The second-order valence-electron chi connectivity index (χ2n) is 4.10. The molecular weight excluding hydrogens is 370 g/mol. The fraction of sp³-hybridized carbons (Fsp3) is 0.133. The van der Waals surface area contributed by atoms with Crippen molar-refractivity contribution < 1.29 is 4.74 Å². The number of nitriles is 1. The maximum atomic E-state index is 8.89. The average Bonchev–Trinajstić information content (AvgIpc) is 2.39. The molecule has 0 fully saturated rings. The second kappa shape index (κ2) is 6.23. The highest BCUT2D eigenvalue weighted by Crippen LogP contribution is 2.35. The average molecular weight is 381 g/mol. The van der Waals surface area contributed by atoms with Crippen molar-refractivity contribution in [2.75, 3.05) is 0 Å². The summed E-state index contributed by atoms with van der Waals surface area (Å²) in [5, 5.41) is 8.89. The van der Waals surface area contributed by atoms with Crippen molar-refractivity contribution in [3.8, 4) is 11.8 Å². The van der Waals surface area contributed by atoms with Crippen molar-refractivity contribution in [1.82, 2.24) is 0 Å². The molecule has 0 aliphatic heterocycles. The van der Waals surface area contributed by atoms with Gasteiger partial charge in [0.05, 0.1) is 20.6 Å². The van der Waals surface area contributed by atoms with Crippen molar-refractivity contribution in [1.29, 1.82) is 5.26 Å². The van der Waals surface area contributed by atoms with E-state index in [2.05, 4.69) is 50.9 Å². The molecule has 0 saturated carbocycles. The molecular formula is C15H11Br2NO. The van der Waals surface area contributed by atoms with Crippen LogP contribution in [0.25, 0.3) is 0 Å². The van der Waals surface area contributed by atoms with E-state index in [1.165, 1.54) is 5.56 Å². The summed E-state index contributed by atoms with van der Waals surface area (Å²) < 4.78 is 7.37. The van der Waals surface area contributed by atoms with E-state index in [1.807, 2.05) is 18.2 Å². The number of hydrogen-bond donors (Lipinski definition) is 0. The monoisotopic (exact) mass is 379 g/mol. The van der Waals surface area contributed by atoms with Gasteiger partial charge >= 0.3 is 0 Å². The molecule has 2 aromatic rings. The molecule has 2 rings (SSSR count). The molecule has 0 saturated heterocycles. The maximum Gasteiger partial charge on any atom is 0.148 e. The number of benzene rings is 2. The first-order valence-corrected chi connectivity index (χ1v) is 7.27. The normalized spacial score (nSPS) is 10.0. The summed E-state index contributed by atoms with van der Waals surface area (Å²) in [5.74, 6) is 0.710. The summed E-state index contributed by atoms with van der Waals surface area (Å²) in [6.07, 6.45) is 0. The molecule has 0 aliphatic rings. The predicted molar refractivity (Wildman–Crippen MR) is 82.1 cm³/mol. The number of ether oxygens (including phenoxy) is 1. The Bertz CT molecular complexity index is 624. The van der Waals surface area contributed by atoms with E-state index in [0.29, 0.717) is 17.9 Å². The lowest BCUT2D eigenvalue weighted by molar-refractivity contribution is 0.301. The third-order valence-electron chi connectivity index (χ3n) is 2.76. The van der Waals surface area contributed by atoms with Crippen molar-refractivity contribution in [3.63, 3.8) is 0 Å². The van der Waals surface area contributed by atoms with E-state index >= 15 is 0 Å². The Morgan fingerprint density at radius 2 is 1.79 bits per heavy atom. The van der Waals surface area contributed by atoms with Crippen molar-refractivity contribution in [2.45, 2.75) is 13.5 Å². The van der Waals surface area contributed by atoms with Gasteiger partial charge in [-0.25, -0.2) is 0 Å². The topological polar surface area (TPSA) is 33.0 Å². The van der Waals surface area contributed by atoms with Gasteiger partial charge < -0.3 is 4.74 Å². The van der Waals surface area contributed by atoms with Gasteiger partial charge in [0.15, 0.2) is 0 Å². The minimum atomic E-state index is 0.496. The standard InChI is InChI=1S/C15H11Br2NO/c1-10-4-2-3-5-12(10)9-19-15-13(16)6-11(8-18)7-14(15)17/h2-7H,9H2,1H3. The Kier molecular flexibility index (Phi) is 4.62. The van der Waals surface area contributed by atoms with E-state index in [-0.39, 0.29) is 0 Å². The molecule has 0 unspecified atom stereocenters. The van der Waals surface area contributed by atoms with E-state index in [1.54, 1.807) is 12.1 Å². The van der Waals surface area contributed by atoms with Gasteiger partial charge in [-0.3, -0.25) is 0 Å². The molecule has 0 radical (unpaired) electrons. The Labute approximate surface area is 129 Å². The summed E-state index contributed by atoms with van der Waals surface area (Å²) in [6.45, 7) is 2.55. The molecule has 0 amide bonds. The lowest BCUT2D eigenvalue weighted by atomic mass is 10.1. The first-order chi connectivity index (χ1) is 9.11. The van der Waals surface area contributed by atoms with Crippen LogP contribution in [0.5, 0.6) is 5.75 Å². The molecule has 4 heteroatoms. The first-order valence-electron chi connectivity index (χ1n) is 5.68. The predicted octanol–water partition coefficient (Wildman–Crippen LogP) is 4.97. The number of rotatable bonds is 3. The quantitative estimate of drug-likeness (QED) is 0.752. The van der Waals surface area contributed by atoms with Crippen LogP contribution in [0.3, 0.4) is 0 Å². The summed E-state index contributed by atoms with van der Waals surface area (Å²) in [4.78, 5) is 0. The lowest BCUT2D eigenvalue weighted by Gasteiger charge is -2.12. The molecule has 2 aromatic carbocycles. The molecule has 2 nitrogen and oxygen atoms in total. The van der Waals surface area contributed by atoms with Gasteiger partial charge in [-0.15, -0.1) is 0 Å². The fourth-order valence-electron chi connectivity index (χ4n) is 1.68. The zero-order valence-electron chi connectivity index (χ0n) is 10.3. The van der Waals surface area contributed by atoms with Crippen LogP contribution >= 0.6 is 31.9 Å². The summed E-state index contributed by atoms with van der Waals surface area (Å²) in [6, 6.07) is 13.7. The van der Waals surface area contributed by atoms with Crippen LogP contribution in [-0.2, 0) is 6.61 Å². The number of halogens is 2. The van der Waals surface area contributed by atoms with Gasteiger partial charge in [0.1, 0.15) is 12.4 Å². The Balaban J connectivity index is 2.21. The van der Waals surface area contributed by atoms with Crippen LogP contribution in [-0.4, -0.2) is 0 Å². The maximum absolute atomic E-state index is 8.89. The molecule has 0 N–H and O–H groups in total. The van der Waals surface area contributed by atoms with E-state index < -0.39 is 0 Å². The lowest BCUT2D eigenvalue weighted by Crippen LogP contribution is -1.99. The second-order valence-corrected chi connectivity index (χ2v) is 5.80.